The Morgan fingerprint density at radius 1 is 1.09 bits per heavy atom. The molecular weight excluding hydrogens is 292 g/mol. The summed E-state index contributed by atoms with van der Waals surface area (Å²) in [6, 6.07) is 5.62. The second-order valence-corrected chi connectivity index (χ2v) is 6.15. The molecule has 6 heteroatoms. The Kier molecular flexibility index (Phi) is 4.00. The molecule has 120 valence electrons. The number of hydrogen-bond acceptors (Lipinski definition) is 5. The Labute approximate surface area is 135 Å². The summed E-state index contributed by atoms with van der Waals surface area (Å²) >= 11 is 0. The predicted octanol–water partition coefficient (Wildman–Crippen LogP) is 1.92. The van der Waals surface area contributed by atoms with Gasteiger partial charge in [-0.2, -0.15) is 0 Å². The fourth-order valence-corrected chi connectivity index (χ4v) is 2.47. The standard InChI is InChI=1S/C17H20N4O2/c1-17(2,23)16-20-9-12(10-21-16)11-4-5-13-14(8-11)18-6-3-7-19-15(13)22/h4-5,8-10,18,23H,3,6-7H2,1-2H3,(H,19,22). The summed E-state index contributed by atoms with van der Waals surface area (Å²) in [5, 5.41) is 16.1. The first kappa shape index (κ1) is 15.4. The second-order valence-electron chi connectivity index (χ2n) is 6.15. The van der Waals surface area contributed by atoms with Crippen molar-refractivity contribution in [1.82, 2.24) is 15.3 Å². The third-order valence-corrected chi connectivity index (χ3v) is 3.75. The van der Waals surface area contributed by atoms with E-state index in [0.717, 1.165) is 29.8 Å². The van der Waals surface area contributed by atoms with Gasteiger partial charge in [0.05, 0.1) is 5.56 Å². The zero-order valence-electron chi connectivity index (χ0n) is 13.3. The molecule has 2 aromatic rings. The maximum atomic E-state index is 12.1. The topological polar surface area (TPSA) is 87.1 Å². The lowest BCUT2D eigenvalue weighted by Gasteiger charge is -2.18. The molecule has 0 aliphatic carbocycles. The molecule has 2 heterocycles. The molecule has 1 aromatic heterocycles. The number of carbonyl (C=O) groups excluding carboxylic acids is 1. The van der Waals surface area contributed by atoms with E-state index >= 15 is 0 Å². The minimum absolute atomic E-state index is 0.0626. The number of anilines is 1. The second kappa shape index (κ2) is 5.96. The van der Waals surface area contributed by atoms with Crippen LogP contribution in [0.1, 0.15) is 36.5 Å². The first-order chi connectivity index (χ1) is 10.9. The van der Waals surface area contributed by atoms with Gasteiger partial charge < -0.3 is 15.7 Å². The van der Waals surface area contributed by atoms with Gasteiger partial charge in [-0.05, 0) is 38.0 Å². The van der Waals surface area contributed by atoms with Gasteiger partial charge in [-0.3, -0.25) is 4.79 Å². The molecule has 1 aliphatic heterocycles. The first-order valence-electron chi connectivity index (χ1n) is 7.66. The number of benzene rings is 1. The Hall–Kier alpha value is -2.47. The lowest BCUT2D eigenvalue weighted by molar-refractivity contribution is 0.0687. The number of fused-ring (bicyclic) bond motifs is 1. The van der Waals surface area contributed by atoms with Crippen LogP contribution in [0.5, 0.6) is 0 Å². The van der Waals surface area contributed by atoms with Crippen LogP contribution in [-0.2, 0) is 5.60 Å². The maximum Gasteiger partial charge on any atom is 0.253 e. The quantitative estimate of drug-likeness (QED) is 0.788. The Balaban J connectivity index is 1.94. The van der Waals surface area contributed by atoms with E-state index in [2.05, 4.69) is 20.6 Å². The lowest BCUT2D eigenvalue weighted by Crippen LogP contribution is -2.29. The summed E-state index contributed by atoms with van der Waals surface area (Å²) in [7, 11) is 0. The molecule has 23 heavy (non-hydrogen) atoms. The molecule has 1 amide bonds. The van der Waals surface area contributed by atoms with Crippen molar-refractivity contribution in [1.29, 1.82) is 0 Å². The highest BCUT2D eigenvalue weighted by Gasteiger charge is 2.19. The van der Waals surface area contributed by atoms with E-state index in [4.69, 9.17) is 0 Å². The van der Waals surface area contributed by atoms with Crippen molar-refractivity contribution >= 4 is 11.6 Å². The van der Waals surface area contributed by atoms with Crippen molar-refractivity contribution in [3.05, 3.63) is 42.0 Å². The van der Waals surface area contributed by atoms with Crippen molar-refractivity contribution in [2.24, 2.45) is 0 Å². The van der Waals surface area contributed by atoms with Crippen molar-refractivity contribution in [3.63, 3.8) is 0 Å². The zero-order valence-corrected chi connectivity index (χ0v) is 13.3. The molecule has 0 saturated carbocycles. The van der Waals surface area contributed by atoms with Gasteiger partial charge in [-0.1, -0.05) is 6.07 Å². The average molecular weight is 312 g/mol. The van der Waals surface area contributed by atoms with Crippen LogP contribution in [0.15, 0.2) is 30.6 Å². The molecule has 0 spiro atoms. The minimum Gasteiger partial charge on any atom is -0.384 e. The Morgan fingerprint density at radius 2 is 1.78 bits per heavy atom. The van der Waals surface area contributed by atoms with E-state index in [0.29, 0.717) is 17.9 Å². The van der Waals surface area contributed by atoms with Crippen LogP contribution in [-0.4, -0.2) is 34.1 Å². The smallest absolute Gasteiger partial charge is 0.253 e. The molecule has 1 aromatic carbocycles. The number of amides is 1. The van der Waals surface area contributed by atoms with Crippen LogP contribution in [0.3, 0.4) is 0 Å². The van der Waals surface area contributed by atoms with Gasteiger partial charge >= 0.3 is 0 Å². The summed E-state index contributed by atoms with van der Waals surface area (Å²) < 4.78 is 0. The summed E-state index contributed by atoms with van der Waals surface area (Å²) in [6.45, 7) is 4.79. The molecule has 3 N–H and O–H groups in total. The van der Waals surface area contributed by atoms with E-state index in [1.54, 1.807) is 26.2 Å². The molecule has 1 aliphatic rings. The number of hydrogen-bond donors (Lipinski definition) is 3. The maximum absolute atomic E-state index is 12.1. The highest BCUT2D eigenvalue weighted by molar-refractivity contribution is 6.00. The van der Waals surface area contributed by atoms with Crippen LogP contribution >= 0.6 is 0 Å². The largest absolute Gasteiger partial charge is 0.384 e. The number of aromatic nitrogens is 2. The molecule has 0 atom stereocenters. The first-order valence-corrected chi connectivity index (χ1v) is 7.66. The molecule has 6 nitrogen and oxygen atoms in total. The average Bonchev–Trinajstić information content (AvgIpc) is 2.51. The molecule has 3 rings (SSSR count). The van der Waals surface area contributed by atoms with E-state index in [9.17, 15) is 9.90 Å². The number of rotatable bonds is 2. The third-order valence-electron chi connectivity index (χ3n) is 3.75. The summed E-state index contributed by atoms with van der Waals surface area (Å²) in [6.07, 6.45) is 4.26. The van der Waals surface area contributed by atoms with Crippen molar-refractivity contribution in [2.75, 3.05) is 18.4 Å². The van der Waals surface area contributed by atoms with Gasteiger partial charge in [-0.25, -0.2) is 9.97 Å². The fourth-order valence-electron chi connectivity index (χ4n) is 2.47. The van der Waals surface area contributed by atoms with Gasteiger partial charge in [-0.15, -0.1) is 0 Å². The van der Waals surface area contributed by atoms with Crippen molar-refractivity contribution in [2.45, 2.75) is 25.9 Å². The number of nitrogens with zero attached hydrogens (tertiary/aromatic N) is 2. The molecule has 0 radical (unpaired) electrons. The normalized spacial score (nSPS) is 15.0. The highest BCUT2D eigenvalue weighted by atomic mass is 16.3. The minimum atomic E-state index is -1.07. The molecule has 0 unspecified atom stereocenters. The third kappa shape index (κ3) is 3.32. The van der Waals surface area contributed by atoms with Crippen LogP contribution in [0.25, 0.3) is 11.1 Å². The monoisotopic (exact) mass is 312 g/mol. The SMILES string of the molecule is CC(C)(O)c1ncc(-c2ccc3c(c2)NCCCNC3=O)cn1. The number of carbonyl (C=O) groups is 1. The van der Waals surface area contributed by atoms with Gasteiger partial charge in [0.2, 0.25) is 0 Å². The molecular formula is C17H20N4O2. The molecule has 0 saturated heterocycles. The van der Waals surface area contributed by atoms with E-state index in [1.165, 1.54) is 0 Å². The fraction of sp³-hybridized carbons (Fsp3) is 0.353. The van der Waals surface area contributed by atoms with Gasteiger partial charge in [0.25, 0.3) is 5.91 Å². The van der Waals surface area contributed by atoms with Gasteiger partial charge in [0.15, 0.2) is 5.82 Å². The van der Waals surface area contributed by atoms with Crippen LogP contribution in [0.4, 0.5) is 5.69 Å². The van der Waals surface area contributed by atoms with Crippen molar-refractivity contribution < 1.29 is 9.90 Å². The Bertz CT molecular complexity index is 720. The lowest BCUT2D eigenvalue weighted by atomic mass is 10.0. The zero-order chi connectivity index (χ0) is 16.4. The van der Waals surface area contributed by atoms with Crippen LogP contribution in [0.2, 0.25) is 0 Å². The summed E-state index contributed by atoms with van der Waals surface area (Å²) in [4.78, 5) is 20.5. The number of nitrogens with one attached hydrogen (secondary N) is 2. The van der Waals surface area contributed by atoms with E-state index in [1.807, 2.05) is 18.2 Å². The predicted molar refractivity (Wildman–Crippen MR) is 88.2 cm³/mol. The summed E-state index contributed by atoms with van der Waals surface area (Å²) in [5.74, 6) is 0.317. The van der Waals surface area contributed by atoms with Crippen LogP contribution in [0, 0.1) is 0 Å². The van der Waals surface area contributed by atoms with Gasteiger partial charge in [0.1, 0.15) is 5.60 Å². The van der Waals surface area contributed by atoms with E-state index < -0.39 is 5.60 Å². The number of aliphatic hydroxyl groups is 1. The molecule has 0 bridgehead atoms. The van der Waals surface area contributed by atoms with Gasteiger partial charge in [0, 0.05) is 36.7 Å². The summed E-state index contributed by atoms with van der Waals surface area (Å²) in [5.41, 5.74) is 2.15. The molecule has 0 fully saturated rings. The highest BCUT2D eigenvalue weighted by Crippen LogP contribution is 2.26. The Morgan fingerprint density at radius 3 is 2.48 bits per heavy atom. The van der Waals surface area contributed by atoms with Crippen LogP contribution < -0.4 is 10.6 Å². The van der Waals surface area contributed by atoms with Crippen molar-refractivity contribution in [3.8, 4) is 11.1 Å². The van der Waals surface area contributed by atoms with E-state index in [-0.39, 0.29) is 5.91 Å².